The average Bonchev–Trinajstić information content (AvgIpc) is 2.47. The predicted octanol–water partition coefficient (Wildman–Crippen LogP) is 3.85. The van der Waals surface area contributed by atoms with Crippen LogP contribution >= 0.6 is 15.9 Å². The molecule has 0 amide bonds. The maximum atomic E-state index is 13.7. The van der Waals surface area contributed by atoms with E-state index in [4.69, 9.17) is 0 Å². The lowest BCUT2D eigenvalue weighted by Gasteiger charge is -2.15. The molecule has 0 spiro atoms. The van der Waals surface area contributed by atoms with E-state index in [2.05, 4.69) is 21.2 Å². The maximum absolute atomic E-state index is 13.7. The van der Waals surface area contributed by atoms with Crippen LogP contribution in [0.3, 0.4) is 0 Å². The Morgan fingerprint density at radius 3 is 2.39 bits per heavy atom. The summed E-state index contributed by atoms with van der Waals surface area (Å²) in [5.41, 5.74) is 0.299. The first-order valence-corrected chi connectivity index (χ1v) is 9.41. The molecule has 0 saturated heterocycles. The zero-order chi connectivity index (χ0) is 17.0. The molecule has 0 radical (unpaired) electrons. The second-order valence-electron chi connectivity index (χ2n) is 5.11. The van der Waals surface area contributed by atoms with Gasteiger partial charge in [-0.2, -0.15) is 0 Å². The van der Waals surface area contributed by atoms with Crippen molar-refractivity contribution < 1.29 is 17.2 Å². The normalized spacial score (nSPS) is 13.0. The number of nitrogens with one attached hydrogen (secondary N) is 1. The van der Waals surface area contributed by atoms with Gasteiger partial charge in [-0.1, -0.05) is 22.0 Å². The Morgan fingerprint density at radius 1 is 1.13 bits per heavy atom. The Hall–Kier alpha value is -1.31. The minimum absolute atomic E-state index is 0.109. The van der Waals surface area contributed by atoms with Crippen molar-refractivity contribution in [2.75, 3.05) is 12.3 Å². The molecule has 0 aliphatic carbocycles. The van der Waals surface area contributed by atoms with Gasteiger partial charge in [-0.05, 0) is 37.3 Å². The first-order valence-electron chi connectivity index (χ1n) is 6.96. The summed E-state index contributed by atoms with van der Waals surface area (Å²) >= 11 is 3.25. The molecule has 1 atom stereocenters. The second kappa shape index (κ2) is 7.51. The summed E-state index contributed by atoms with van der Waals surface area (Å²) < 4.78 is 51.7. The highest BCUT2D eigenvalue weighted by atomic mass is 79.9. The molecule has 1 N–H and O–H groups in total. The summed E-state index contributed by atoms with van der Waals surface area (Å²) in [6, 6.07) is 9.31. The van der Waals surface area contributed by atoms with Crippen LogP contribution in [0.1, 0.15) is 18.5 Å². The van der Waals surface area contributed by atoms with E-state index < -0.39 is 27.5 Å². The Morgan fingerprint density at radius 2 is 1.78 bits per heavy atom. The lowest BCUT2D eigenvalue weighted by molar-refractivity contribution is 0.525. The van der Waals surface area contributed by atoms with Gasteiger partial charge in [0.25, 0.3) is 0 Å². The summed E-state index contributed by atoms with van der Waals surface area (Å²) in [6.07, 6.45) is 0. The van der Waals surface area contributed by atoms with E-state index in [0.29, 0.717) is 5.56 Å². The Labute approximate surface area is 142 Å². The van der Waals surface area contributed by atoms with Crippen molar-refractivity contribution >= 4 is 25.8 Å². The lowest BCUT2D eigenvalue weighted by atomic mass is 10.1. The predicted molar refractivity (Wildman–Crippen MR) is 89.0 cm³/mol. The number of rotatable bonds is 6. The highest BCUT2D eigenvalue weighted by molar-refractivity contribution is 9.10. The molecule has 7 heteroatoms. The third-order valence-corrected chi connectivity index (χ3v) is 5.68. The molecule has 2 aromatic carbocycles. The van der Waals surface area contributed by atoms with Gasteiger partial charge < -0.3 is 5.32 Å². The fourth-order valence-corrected chi connectivity index (χ4v) is 3.57. The van der Waals surface area contributed by atoms with Crippen LogP contribution < -0.4 is 5.32 Å². The van der Waals surface area contributed by atoms with Crippen LogP contribution in [-0.2, 0) is 9.84 Å². The molecule has 0 aliphatic rings. The number of sulfone groups is 1. The minimum Gasteiger partial charge on any atom is -0.309 e. The van der Waals surface area contributed by atoms with Crippen molar-refractivity contribution in [3.8, 4) is 0 Å². The van der Waals surface area contributed by atoms with E-state index in [9.17, 15) is 17.2 Å². The number of hydrogen-bond acceptors (Lipinski definition) is 3. The third-order valence-electron chi connectivity index (χ3n) is 3.42. The van der Waals surface area contributed by atoms with Gasteiger partial charge in [-0.25, -0.2) is 17.2 Å². The van der Waals surface area contributed by atoms with Gasteiger partial charge in [0.15, 0.2) is 9.84 Å². The van der Waals surface area contributed by atoms with Crippen molar-refractivity contribution in [1.82, 2.24) is 5.32 Å². The smallest absolute Gasteiger partial charge is 0.179 e. The molecule has 2 rings (SSSR count). The van der Waals surface area contributed by atoms with Crippen LogP contribution in [0.15, 0.2) is 51.8 Å². The Bertz CT molecular complexity index is 779. The van der Waals surface area contributed by atoms with Crippen LogP contribution in [-0.4, -0.2) is 20.7 Å². The molecule has 23 heavy (non-hydrogen) atoms. The summed E-state index contributed by atoms with van der Waals surface area (Å²) in [4.78, 5) is 0.239. The quantitative estimate of drug-likeness (QED) is 0.796. The fourth-order valence-electron chi connectivity index (χ4n) is 2.13. The van der Waals surface area contributed by atoms with Crippen molar-refractivity contribution in [2.45, 2.75) is 17.9 Å². The van der Waals surface area contributed by atoms with Crippen LogP contribution in [0.4, 0.5) is 8.78 Å². The van der Waals surface area contributed by atoms with Gasteiger partial charge >= 0.3 is 0 Å². The summed E-state index contributed by atoms with van der Waals surface area (Å²) in [6.45, 7) is 1.86. The zero-order valence-corrected chi connectivity index (χ0v) is 14.8. The largest absolute Gasteiger partial charge is 0.309 e. The number of hydrogen-bond donors (Lipinski definition) is 1. The SMILES string of the molecule is C[C@@H](NCCS(=O)(=O)c1ccc(Br)cc1)c1ccc(F)cc1F. The standard InChI is InChI=1S/C16H16BrF2NO2S/c1-11(15-7-4-13(18)10-16(15)19)20-8-9-23(21,22)14-5-2-12(17)3-6-14/h2-7,10-11,20H,8-9H2,1H3/t11-/m1/s1. The van der Waals surface area contributed by atoms with Gasteiger partial charge in [0.1, 0.15) is 11.6 Å². The average molecular weight is 404 g/mol. The van der Waals surface area contributed by atoms with Gasteiger partial charge in [0.2, 0.25) is 0 Å². The van der Waals surface area contributed by atoms with Crippen LogP contribution in [0.5, 0.6) is 0 Å². The summed E-state index contributed by atoms with van der Waals surface area (Å²) in [7, 11) is -3.41. The molecule has 0 unspecified atom stereocenters. The van der Waals surface area contributed by atoms with Crippen LogP contribution in [0.25, 0.3) is 0 Å². The summed E-state index contributed by atoms with van der Waals surface area (Å²) in [5, 5.41) is 2.95. The first kappa shape index (κ1) is 18.0. The molecule has 0 fully saturated rings. The second-order valence-corrected chi connectivity index (χ2v) is 8.14. The lowest BCUT2D eigenvalue weighted by Crippen LogP contribution is -2.26. The highest BCUT2D eigenvalue weighted by Crippen LogP contribution is 2.18. The minimum atomic E-state index is -3.41. The Balaban J connectivity index is 1.97. The third kappa shape index (κ3) is 4.83. The van der Waals surface area contributed by atoms with Crippen molar-refractivity contribution in [1.29, 1.82) is 0 Å². The van der Waals surface area contributed by atoms with Crippen LogP contribution in [0.2, 0.25) is 0 Å². The highest BCUT2D eigenvalue weighted by Gasteiger charge is 2.16. The molecular weight excluding hydrogens is 388 g/mol. The molecule has 0 aliphatic heterocycles. The number of benzene rings is 2. The van der Waals surface area contributed by atoms with E-state index >= 15 is 0 Å². The van der Waals surface area contributed by atoms with Crippen molar-refractivity contribution in [3.63, 3.8) is 0 Å². The van der Waals surface area contributed by atoms with E-state index in [1.165, 1.54) is 24.3 Å². The molecule has 2 aromatic rings. The fraction of sp³-hybridized carbons (Fsp3) is 0.250. The van der Waals surface area contributed by atoms with E-state index in [1.807, 2.05) is 0 Å². The molecule has 124 valence electrons. The maximum Gasteiger partial charge on any atom is 0.179 e. The van der Waals surface area contributed by atoms with Gasteiger partial charge in [-0.3, -0.25) is 0 Å². The number of halogens is 3. The van der Waals surface area contributed by atoms with Gasteiger partial charge in [-0.15, -0.1) is 0 Å². The molecular formula is C16H16BrF2NO2S. The topological polar surface area (TPSA) is 46.2 Å². The first-order chi connectivity index (χ1) is 10.8. The molecule has 0 bridgehead atoms. The molecule has 0 heterocycles. The zero-order valence-electron chi connectivity index (χ0n) is 12.4. The Kier molecular flexibility index (Phi) is 5.89. The van der Waals surface area contributed by atoms with Gasteiger partial charge in [0, 0.05) is 28.7 Å². The van der Waals surface area contributed by atoms with Crippen LogP contribution in [0, 0.1) is 11.6 Å². The van der Waals surface area contributed by atoms with Crippen molar-refractivity contribution in [3.05, 3.63) is 64.1 Å². The molecule has 3 nitrogen and oxygen atoms in total. The van der Waals surface area contributed by atoms with E-state index in [-0.39, 0.29) is 17.2 Å². The monoisotopic (exact) mass is 403 g/mol. The summed E-state index contributed by atoms with van der Waals surface area (Å²) in [5.74, 6) is -1.40. The molecule has 0 saturated carbocycles. The van der Waals surface area contributed by atoms with E-state index in [1.54, 1.807) is 19.1 Å². The van der Waals surface area contributed by atoms with E-state index in [0.717, 1.165) is 10.5 Å². The van der Waals surface area contributed by atoms with Gasteiger partial charge in [0.05, 0.1) is 10.6 Å². The van der Waals surface area contributed by atoms with Crippen molar-refractivity contribution in [2.24, 2.45) is 0 Å². The molecule has 0 aromatic heterocycles.